The first kappa shape index (κ1) is 21.3. The number of aromatic nitrogens is 2. The van der Waals surface area contributed by atoms with Crippen molar-refractivity contribution in [2.45, 2.75) is 33.0 Å². The van der Waals surface area contributed by atoms with Gasteiger partial charge in [-0.2, -0.15) is 0 Å². The lowest BCUT2D eigenvalue weighted by molar-refractivity contribution is -0.135. The van der Waals surface area contributed by atoms with Crippen molar-refractivity contribution < 1.29 is 9.18 Å². The van der Waals surface area contributed by atoms with Crippen LogP contribution in [0.5, 0.6) is 0 Å². The predicted molar refractivity (Wildman–Crippen MR) is 121 cm³/mol. The van der Waals surface area contributed by atoms with Crippen LogP contribution in [-0.2, 0) is 17.9 Å². The number of halogens is 2. The molecule has 1 aromatic heterocycles. The van der Waals surface area contributed by atoms with Crippen LogP contribution in [0.4, 0.5) is 15.9 Å². The van der Waals surface area contributed by atoms with Crippen LogP contribution >= 0.6 is 11.6 Å². The molecule has 0 unspecified atom stereocenters. The minimum Gasteiger partial charge on any atom is -0.340 e. The van der Waals surface area contributed by atoms with E-state index in [4.69, 9.17) is 22.3 Å². The average Bonchev–Trinajstić information content (AvgIpc) is 3.12. The zero-order chi connectivity index (χ0) is 22.1. The third kappa shape index (κ3) is 4.43. The number of amides is 1. The van der Waals surface area contributed by atoms with Gasteiger partial charge in [0.1, 0.15) is 23.2 Å². The Labute approximate surface area is 185 Å². The molecule has 2 heterocycles. The van der Waals surface area contributed by atoms with Crippen molar-refractivity contribution in [2.24, 2.45) is 11.7 Å². The fourth-order valence-corrected chi connectivity index (χ4v) is 3.75. The predicted octanol–water partition coefficient (Wildman–Crippen LogP) is 4.41. The first-order chi connectivity index (χ1) is 14.8. The third-order valence-corrected chi connectivity index (χ3v) is 5.76. The molecule has 0 fully saturated rings. The molecule has 0 radical (unpaired) electrons. The van der Waals surface area contributed by atoms with Gasteiger partial charge >= 0.3 is 0 Å². The Bertz CT molecular complexity index is 1080. The van der Waals surface area contributed by atoms with Crippen LogP contribution in [0.25, 0.3) is 11.3 Å². The molecular formula is C23H25ClFN5O. The Balaban J connectivity index is 1.71. The Morgan fingerprint density at radius 3 is 2.45 bits per heavy atom. The number of anilines is 2. The van der Waals surface area contributed by atoms with Gasteiger partial charge in [-0.05, 0) is 54.4 Å². The number of nitrogens with one attached hydrogen (secondary N) is 1. The topological polar surface area (TPSA) is 76.2 Å². The molecule has 3 N–H and O–H groups in total. The van der Waals surface area contributed by atoms with E-state index in [9.17, 15) is 9.18 Å². The van der Waals surface area contributed by atoms with Crippen molar-refractivity contribution in [3.8, 4) is 11.3 Å². The van der Waals surface area contributed by atoms with Gasteiger partial charge in [0.05, 0.1) is 12.6 Å². The highest BCUT2D eigenvalue weighted by Gasteiger charge is 2.30. The summed E-state index contributed by atoms with van der Waals surface area (Å²) in [4.78, 5) is 19.3. The summed E-state index contributed by atoms with van der Waals surface area (Å²) >= 11 is 6.02. The van der Waals surface area contributed by atoms with E-state index >= 15 is 0 Å². The fraction of sp³-hybridized carbons (Fsp3) is 0.304. The highest BCUT2D eigenvalue weighted by molar-refractivity contribution is 6.30. The lowest BCUT2D eigenvalue weighted by Gasteiger charge is -2.31. The maximum atomic E-state index is 13.5. The number of fused-ring (bicyclic) bond motifs is 1. The summed E-state index contributed by atoms with van der Waals surface area (Å²) in [6, 6.07) is 13.1. The van der Waals surface area contributed by atoms with E-state index in [0.717, 1.165) is 22.9 Å². The molecule has 1 aliphatic rings. The average molecular weight is 442 g/mol. The van der Waals surface area contributed by atoms with Crippen molar-refractivity contribution in [3.05, 3.63) is 65.2 Å². The lowest BCUT2D eigenvalue weighted by atomic mass is 10.0. The quantitative estimate of drug-likeness (QED) is 0.614. The van der Waals surface area contributed by atoms with Crippen LogP contribution in [0, 0.1) is 11.7 Å². The molecule has 2 aromatic carbocycles. The van der Waals surface area contributed by atoms with Gasteiger partial charge in [-0.1, -0.05) is 25.4 Å². The second-order valence-electron chi connectivity index (χ2n) is 8.05. The molecule has 0 spiro atoms. The molecule has 8 heteroatoms. The third-order valence-electron chi connectivity index (χ3n) is 5.51. The zero-order valence-electron chi connectivity index (χ0n) is 17.5. The Morgan fingerprint density at radius 1 is 1.13 bits per heavy atom. The van der Waals surface area contributed by atoms with Gasteiger partial charge in [-0.3, -0.25) is 4.79 Å². The number of hydrogen-bond donors (Lipinski definition) is 2. The first-order valence-corrected chi connectivity index (χ1v) is 10.6. The minimum absolute atomic E-state index is 0.0612. The van der Waals surface area contributed by atoms with E-state index < -0.39 is 6.04 Å². The highest BCUT2D eigenvalue weighted by atomic mass is 35.5. The summed E-state index contributed by atoms with van der Waals surface area (Å²) < 4.78 is 15.6. The van der Waals surface area contributed by atoms with Crippen molar-refractivity contribution in [1.82, 2.24) is 14.5 Å². The van der Waals surface area contributed by atoms with E-state index in [0.29, 0.717) is 30.4 Å². The van der Waals surface area contributed by atoms with Gasteiger partial charge in [0.15, 0.2) is 0 Å². The van der Waals surface area contributed by atoms with Crippen LogP contribution < -0.4 is 11.1 Å². The molecule has 6 nitrogen and oxygen atoms in total. The molecule has 0 saturated heterocycles. The molecule has 1 atom stereocenters. The zero-order valence-corrected chi connectivity index (χ0v) is 18.2. The lowest BCUT2D eigenvalue weighted by Crippen LogP contribution is -2.49. The van der Waals surface area contributed by atoms with Gasteiger partial charge < -0.3 is 20.5 Å². The summed E-state index contributed by atoms with van der Waals surface area (Å²) in [7, 11) is 0. The monoisotopic (exact) mass is 441 g/mol. The second kappa shape index (κ2) is 8.69. The summed E-state index contributed by atoms with van der Waals surface area (Å²) in [6.45, 7) is 5.37. The van der Waals surface area contributed by atoms with Crippen molar-refractivity contribution in [3.63, 3.8) is 0 Å². The number of nitrogens with zero attached hydrogens (tertiary/aromatic N) is 3. The molecule has 1 aliphatic heterocycles. The summed E-state index contributed by atoms with van der Waals surface area (Å²) in [5, 5.41) is 4.07. The van der Waals surface area contributed by atoms with Gasteiger partial charge in [-0.15, -0.1) is 0 Å². The maximum Gasteiger partial charge on any atom is 0.240 e. The van der Waals surface area contributed by atoms with Gasteiger partial charge in [-0.25, -0.2) is 9.37 Å². The largest absolute Gasteiger partial charge is 0.340 e. The molecule has 1 amide bonds. The van der Waals surface area contributed by atoms with Crippen LogP contribution in [0.2, 0.25) is 5.02 Å². The number of carbonyl (C=O) groups excluding carboxylic acids is 1. The number of imidazole rings is 1. The molecule has 0 aliphatic carbocycles. The maximum absolute atomic E-state index is 13.5. The Kier molecular flexibility index (Phi) is 5.98. The standard InChI is InChI=1S/C23H25ClFN5O/c1-14(2)20(26)23(31)29-11-12-30-19(13-29)28-21(15-3-7-17(25)8-4-15)22(30)27-18-9-5-16(24)6-10-18/h3-10,14,20,27H,11-13,26H2,1-2H3/t20-/m1/s1. The Hall–Kier alpha value is -2.90. The van der Waals surface area contributed by atoms with E-state index in [1.54, 1.807) is 17.0 Å². The molecule has 162 valence electrons. The minimum atomic E-state index is -0.537. The van der Waals surface area contributed by atoms with Crippen LogP contribution in [0.15, 0.2) is 48.5 Å². The molecule has 4 rings (SSSR count). The number of carbonyl (C=O) groups is 1. The SMILES string of the molecule is CC(C)[C@@H](N)C(=O)N1CCn2c(nc(-c3ccc(F)cc3)c2Nc2ccc(Cl)cc2)C1. The molecule has 3 aromatic rings. The van der Waals surface area contributed by atoms with Gasteiger partial charge in [0.2, 0.25) is 5.91 Å². The van der Waals surface area contributed by atoms with Crippen LogP contribution in [0.3, 0.4) is 0 Å². The van der Waals surface area contributed by atoms with Crippen molar-refractivity contribution in [1.29, 1.82) is 0 Å². The second-order valence-corrected chi connectivity index (χ2v) is 8.48. The normalized spacial score (nSPS) is 14.5. The first-order valence-electron chi connectivity index (χ1n) is 10.3. The summed E-state index contributed by atoms with van der Waals surface area (Å²) in [5.74, 6) is 1.24. The van der Waals surface area contributed by atoms with E-state index in [-0.39, 0.29) is 17.6 Å². The van der Waals surface area contributed by atoms with Crippen molar-refractivity contribution >= 4 is 29.0 Å². The van der Waals surface area contributed by atoms with E-state index in [1.807, 2.05) is 38.1 Å². The number of hydrogen-bond acceptors (Lipinski definition) is 4. The van der Waals surface area contributed by atoms with Gasteiger partial charge in [0.25, 0.3) is 0 Å². The molecule has 0 saturated carbocycles. The highest BCUT2D eigenvalue weighted by Crippen LogP contribution is 2.33. The number of nitrogens with two attached hydrogens (primary N) is 1. The summed E-state index contributed by atoms with van der Waals surface area (Å²) in [5.41, 5.74) is 8.44. The van der Waals surface area contributed by atoms with Crippen molar-refractivity contribution in [2.75, 3.05) is 11.9 Å². The Morgan fingerprint density at radius 2 is 1.81 bits per heavy atom. The molecule has 0 bridgehead atoms. The molecule has 31 heavy (non-hydrogen) atoms. The number of benzene rings is 2. The van der Waals surface area contributed by atoms with E-state index in [1.165, 1.54) is 12.1 Å². The van der Waals surface area contributed by atoms with Gasteiger partial charge in [0, 0.05) is 29.4 Å². The van der Waals surface area contributed by atoms with E-state index in [2.05, 4.69) is 9.88 Å². The smallest absolute Gasteiger partial charge is 0.240 e. The van der Waals surface area contributed by atoms with Crippen LogP contribution in [-0.4, -0.2) is 32.9 Å². The number of rotatable bonds is 5. The molecular weight excluding hydrogens is 417 g/mol. The summed E-state index contributed by atoms with van der Waals surface area (Å²) in [6.07, 6.45) is 0. The van der Waals surface area contributed by atoms with Crippen LogP contribution in [0.1, 0.15) is 19.7 Å². The fourth-order valence-electron chi connectivity index (χ4n) is 3.62.